The summed E-state index contributed by atoms with van der Waals surface area (Å²) in [6.07, 6.45) is 11.9. The van der Waals surface area contributed by atoms with Crippen molar-refractivity contribution in [2.45, 2.75) is 25.4 Å². The van der Waals surface area contributed by atoms with Gasteiger partial charge < -0.3 is 14.2 Å². The molecule has 3 heterocycles. The van der Waals surface area contributed by atoms with Gasteiger partial charge in [-0.25, -0.2) is 4.98 Å². The first-order valence-electron chi connectivity index (χ1n) is 7.41. The monoisotopic (exact) mass is 301 g/mol. The lowest BCUT2D eigenvalue weighted by Crippen LogP contribution is -2.49. The van der Waals surface area contributed by atoms with Crippen molar-refractivity contribution < 1.29 is 9.53 Å². The van der Waals surface area contributed by atoms with Gasteiger partial charge in [0.05, 0.1) is 31.3 Å². The number of aromatic nitrogens is 4. The highest BCUT2D eigenvalue weighted by atomic mass is 16.5. The maximum atomic E-state index is 12.5. The fourth-order valence-electron chi connectivity index (χ4n) is 2.62. The van der Waals surface area contributed by atoms with Crippen LogP contribution in [0.3, 0.4) is 0 Å². The van der Waals surface area contributed by atoms with Crippen molar-refractivity contribution in [1.82, 2.24) is 24.4 Å². The van der Waals surface area contributed by atoms with Gasteiger partial charge in [0.1, 0.15) is 6.54 Å². The van der Waals surface area contributed by atoms with Crippen LogP contribution in [0.5, 0.6) is 0 Å². The minimum absolute atomic E-state index is 0.0896. The van der Waals surface area contributed by atoms with Crippen LogP contribution in [0.25, 0.3) is 0 Å². The van der Waals surface area contributed by atoms with E-state index in [2.05, 4.69) is 15.0 Å². The molecule has 7 heteroatoms. The molecular weight excluding hydrogens is 282 g/mol. The highest BCUT2D eigenvalue weighted by Crippen LogP contribution is 2.14. The van der Waals surface area contributed by atoms with Crippen LogP contribution in [-0.4, -0.2) is 56.1 Å². The fourth-order valence-corrected chi connectivity index (χ4v) is 2.62. The summed E-state index contributed by atoms with van der Waals surface area (Å²) in [4.78, 5) is 26.7. The standard InChI is InChI=1S/C15H19N5O2/c21-15(10-19-6-5-17-12-19)20-7-8-22-11-14(20)2-1-13-9-16-3-4-18-13/h3-6,9,12,14H,1-2,7-8,10-11H2/t14-/m0/s1. The van der Waals surface area contributed by atoms with E-state index in [0.29, 0.717) is 26.3 Å². The summed E-state index contributed by atoms with van der Waals surface area (Å²) in [6, 6.07) is 0.0896. The summed E-state index contributed by atoms with van der Waals surface area (Å²) in [6.45, 7) is 2.13. The molecule has 1 aliphatic rings. The Balaban J connectivity index is 1.59. The maximum Gasteiger partial charge on any atom is 0.242 e. The summed E-state index contributed by atoms with van der Waals surface area (Å²) in [5, 5.41) is 0. The van der Waals surface area contributed by atoms with Crippen molar-refractivity contribution in [1.29, 1.82) is 0 Å². The molecule has 2 aromatic heterocycles. The van der Waals surface area contributed by atoms with Crippen molar-refractivity contribution in [3.05, 3.63) is 43.0 Å². The van der Waals surface area contributed by atoms with Gasteiger partial charge in [-0.05, 0) is 12.8 Å². The molecule has 1 fully saturated rings. The third kappa shape index (κ3) is 3.67. The average Bonchev–Trinajstić information content (AvgIpc) is 3.07. The van der Waals surface area contributed by atoms with Gasteiger partial charge in [0, 0.05) is 37.5 Å². The van der Waals surface area contributed by atoms with Gasteiger partial charge >= 0.3 is 0 Å². The molecule has 2 aromatic rings. The van der Waals surface area contributed by atoms with Gasteiger partial charge in [-0.2, -0.15) is 0 Å². The summed E-state index contributed by atoms with van der Waals surface area (Å²) in [5.74, 6) is 0.102. The summed E-state index contributed by atoms with van der Waals surface area (Å²) >= 11 is 0. The molecule has 0 bridgehead atoms. The Morgan fingerprint density at radius 1 is 1.32 bits per heavy atom. The average molecular weight is 301 g/mol. The smallest absolute Gasteiger partial charge is 0.242 e. The van der Waals surface area contributed by atoms with Gasteiger partial charge in [-0.1, -0.05) is 0 Å². The van der Waals surface area contributed by atoms with E-state index in [1.54, 1.807) is 41.9 Å². The Labute approximate surface area is 129 Å². The van der Waals surface area contributed by atoms with E-state index in [1.807, 2.05) is 4.90 Å². The Hall–Kier alpha value is -2.28. The summed E-state index contributed by atoms with van der Waals surface area (Å²) in [7, 11) is 0. The van der Waals surface area contributed by atoms with E-state index in [-0.39, 0.29) is 11.9 Å². The van der Waals surface area contributed by atoms with Gasteiger partial charge in [-0.3, -0.25) is 14.8 Å². The summed E-state index contributed by atoms with van der Waals surface area (Å²) < 4.78 is 7.33. The van der Waals surface area contributed by atoms with Crippen molar-refractivity contribution >= 4 is 5.91 Å². The van der Waals surface area contributed by atoms with Crippen LogP contribution in [0, 0.1) is 0 Å². The van der Waals surface area contributed by atoms with Crippen molar-refractivity contribution in [2.75, 3.05) is 19.8 Å². The number of amides is 1. The zero-order valence-electron chi connectivity index (χ0n) is 12.3. The molecule has 0 N–H and O–H groups in total. The van der Waals surface area contributed by atoms with E-state index >= 15 is 0 Å². The topological polar surface area (TPSA) is 73.1 Å². The molecule has 1 atom stereocenters. The Kier molecular flexibility index (Phi) is 4.75. The van der Waals surface area contributed by atoms with Crippen LogP contribution < -0.4 is 0 Å². The second-order valence-corrected chi connectivity index (χ2v) is 5.29. The van der Waals surface area contributed by atoms with E-state index < -0.39 is 0 Å². The molecule has 116 valence electrons. The molecule has 0 spiro atoms. The quantitative estimate of drug-likeness (QED) is 0.805. The van der Waals surface area contributed by atoms with Crippen molar-refractivity contribution in [2.24, 2.45) is 0 Å². The molecule has 1 saturated heterocycles. The van der Waals surface area contributed by atoms with Crippen LogP contribution in [-0.2, 0) is 22.5 Å². The van der Waals surface area contributed by atoms with Crippen LogP contribution in [0.4, 0.5) is 0 Å². The molecular formula is C15H19N5O2. The Morgan fingerprint density at radius 3 is 3.05 bits per heavy atom. The SMILES string of the molecule is O=C(Cn1ccnc1)N1CCOC[C@@H]1CCc1cnccn1. The molecule has 7 nitrogen and oxygen atoms in total. The zero-order valence-corrected chi connectivity index (χ0v) is 12.3. The summed E-state index contributed by atoms with van der Waals surface area (Å²) in [5.41, 5.74) is 0.940. The fraction of sp³-hybridized carbons (Fsp3) is 0.467. The van der Waals surface area contributed by atoms with Crippen molar-refractivity contribution in [3.8, 4) is 0 Å². The first-order valence-corrected chi connectivity index (χ1v) is 7.41. The molecule has 0 aliphatic carbocycles. The van der Waals surface area contributed by atoms with Crippen LogP contribution in [0.2, 0.25) is 0 Å². The number of aryl methyl sites for hydroxylation is 1. The van der Waals surface area contributed by atoms with Gasteiger partial charge in [-0.15, -0.1) is 0 Å². The highest BCUT2D eigenvalue weighted by Gasteiger charge is 2.27. The van der Waals surface area contributed by atoms with Gasteiger partial charge in [0.15, 0.2) is 0 Å². The van der Waals surface area contributed by atoms with Gasteiger partial charge in [0.25, 0.3) is 0 Å². The normalized spacial score (nSPS) is 18.4. The largest absolute Gasteiger partial charge is 0.377 e. The number of carbonyl (C=O) groups is 1. The molecule has 0 aromatic carbocycles. The number of hydrogen-bond donors (Lipinski definition) is 0. The van der Waals surface area contributed by atoms with E-state index in [1.165, 1.54) is 0 Å². The second-order valence-electron chi connectivity index (χ2n) is 5.29. The number of nitrogens with zero attached hydrogens (tertiary/aromatic N) is 5. The lowest BCUT2D eigenvalue weighted by atomic mass is 10.1. The molecule has 3 rings (SSSR count). The first-order chi connectivity index (χ1) is 10.8. The predicted molar refractivity (Wildman–Crippen MR) is 78.9 cm³/mol. The maximum absolute atomic E-state index is 12.5. The molecule has 0 radical (unpaired) electrons. The zero-order chi connectivity index (χ0) is 15.2. The Bertz CT molecular complexity index is 587. The Morgan fingerprint density at radius 2 is 2.27 bits per heavy atom. The van der Waals surface area contributed by atoms with Gasteiger partial charge in [0.2, 0.25) is 5.91 Å². The molecule has 1 aliphatic heterocycles. The number of morpholine rings is 1. The third-order valence-corrected chi connectivity index (χ3v) is 3.78. The molecule has 0 saturated carbocycles. The lowest BCUT2D eigenvalue weighted by Gasteiger charge is -2.35. The van der Waals surface area contributed by atoms with E-state index in [0.717, 1.165) is 18.5 Å². The predicted octanol–water partition coefficient (Wildman–Crippen LogP) is 0.533. The number of carbonyl (C=O) groups excluding carboxylic acids is 1. The number of rotatable bonds is 5. The number of ether oxygens (including phenoxy) is 1. The van der Waals surface area contributed by atoms with E-state index in [4.69, 9.17) is 4.74 Å². The molecule has 1 amide bonds. The molecule has 22 heavy (non-hydrogen) atoms. The van der Waals surface area contributed by atoms with Crippen molar-refractivity contribution in [3.63, 3.8) is 0 Å². The minimum Gasteiger partial charge on any atom is -0.377 e. The van der Waals surface area contributed by atoms with E-state index in [9.17, 15) is 4.79 Å². The lowest BCUT2D eigenvalue weighted by molar-refractivity contribution is -0.140. The number of imidazole rings is 1. The number of hydrogen-bond acceptors (Lipinski definition) is 5. The first kappa shape index (κ1) is 14.6. The second kappa shape index (κ2) is 7.13. The van der Waals surface area contributed by atoms with Crippen LogP contribution in [0.15, 0.2) is 37.3 Å². The third-order valence-electron chi connectivity index (χ3n) is 3.78. The molecule has 0 unspecified atom stereocenters. The van der Waals surface area contributed by atoms with Crippen LogP contribution >= 0.6 is 0 Å². The highest BCUT2D eigenvalue weighted by molar-refractivity contribution is 5.76. The minimum atomic E-state index is 0.0896. The van der Waals surface area contributed by atoms with Crippen LogP contribution in [0.1, 0.15) is 12.1 Å².